The number of nitrogens with zero attached hydrogens (tertiary/aromatic N) is 1. The van der Waals surface area contributed by atoms with E-state index in [2.05, 4.69) is 10.6 Å². The van der Waals surface area contributed by atoms with Crippen LogP contribution in [-0.2, 0) is 14.4 Å². The third-order valence-corrected chi connectivity index (χ3v) is 4.02. The highest BCUT2D eigenvalue weighted by atomic mass is 16.2. The normalized spacial score (nSPS) is 16.6. The summed E-state index contributed by atoms with van der Waals surface area (Å²) >= 11 is 0. The van der Waals surface area contributed by atoms with Crippen LogP contribution in [0.25, 0.3) is 0 Å². The van der Waals surface area contributed by atoms with Crippen molar-refractivity contribution in [2.45, 2.75) is 13.3 Å². The molecule has 6 heteroatoms. The first-order valence-electron chi connectivity index (χ1n) is 8.07. The van der Waals surface area contributed by atoms with Gasteiger partial charge in [0.2, 0.25) is 17.7 Å². The molecule has 25 heavy (non-hydrogen) atoms. The molecule has 1 saturated heterocycles. The maximum absolute atomic E-state index is 12.4. The molecule has 128 valence electrons. The minimum absolute atomic E-state index is 0.104. The van der Waals surface area contributed by atoms with E-state index in [1.54, 1.807) is 29.2 Å². The van der Waals surface area contributed by atoms with Crippen LogP contribution in [0.1, 0.15) is 13.3 Å². The van der Waals surface area contributed by atoms with Crippen molar-refractivity contribution in [3.8, 4) is 0 Å². The predicted molar refractivity (Wildman–Crippen MR) is 96.3 cm³/mol. The van der Waals surface area contributed by atoms with Gasteiger partial charge in [0.15, 0.2) is 0 Å². The van der Waals surface area contributed by atoms with E-state index in [1.165, 1.54) is 6.92 Å². The van der Waals surface area contributed by atoms with Crippen LogP contribution < -0.4 is 15.5 Å². The molecule has 0 radical (unpaired) electrons. The van der Waals surface area contributed by atoms with Gasteiger partial charge in [-0.05, 0) is 30.3 Å². The Labute approximate surface area is 145 Å². The number of hydrogen-bond donors (Lipinski definition) is 2. The lowest BCUT2D eigenvalue weighted by Crippen LogP contribution is -2.28. The van der Waals surface area contributed by atoms with Crippen LogP contribution in [0.4, 0.5) is 17.1 Å². The van der Waals surface area contributed by atoms with E-state index in [9.17, 15) is 14.4 Å². The van der Waals surface area contributed by atoms with E-state index in [1.807, 2.05) is 30.3 Å². The van der Waals surface area contributed by atoms with E-state index >= 15 is 0 Å². The number of carbonyl (C=O) groups is 3. The molecule has 1 heterocycles. The zero-order valence-corrected chi connectivity index (χ0v) is 13.9. The van der Waals surface area contributed by atoms with Crippen LogP contribution in [0.5, 0.6) is 0 Å². The molecule has 0 unspecified atom stereocenters. The van der Waals surface area contributed by atoms with Gasteiger partial charge in [-0.25, -0.2) is 0 Å². The van der Waals surface area contributed by atoms with Crippen molar-refractivity contribution < 1.29 is 14.4 Å². The van der Waals surface area contributed by atoms with Crippen molar-refractivity contribution in [1.82, 2.24) is 0 Å². The van der Waals surface area contributed by atoms with Gasteiger partial charge in [0.05, 0.1) is 5.92 Å². The molecular weight excluding hydrogens is 318 g/mol. The maximum Gasteiger partial charge on any atom is 0.229 e. The van der Waals surface area contributed by atoms with Crippen molar-refractivity contribution in [3.63, 3.8) is 0 Å². The van der Waals surface area contributed by atoms with Crippen LogP contribution >= 0.6 is 0 Å². The van der Waals surface area contributed by atoms with Gasteiger partial charge in [0.1, 0.15) is 0 Å². The molecule has 0 aliphatic carbocycles. The molecule has 6 nitrogen and oxygen atoms in total. The number of para-hydroxylation sites is 1. The Balaban J connectivity index is 1.70. The Hall–Kier alpha value is -3.15. The summed E-state index contributed by atoms with van der Waals surface area (Å²) in [5.41, 5.74) is 2.01. The van der Waals surface area contributed by atoms with E-state index in [4.69, 9.17) is 0 Å². The second-order valence-electron chi connectivity index (χ2n) is 5.99. The highest BCUT2D eigenvalue weighted by Crippen LogP contribution is 2.28. The quantitative estimate of drug-likeness (QED) is 0.900. The van der Waals surface area contributed by atoms with Gasteiger partial charge < -0.3 is 15.5 Å². The number of nitrogens with one attached hydrogen (secondary N) is 2. The minimum atomic E-state index is -0.405. The number of carbonyl (C=O) groups excluding carboxylic acids is 3. The summed E-state index contributed by atoms with van der Waals surface area (Å²) in [6, 6.07) is 16.2. The third kappa shape index (κ3) is 4.03. The number of anilines is 3. The van der Waals surface area contributed by atoms with Crippen molar-refractivity contribution in [3.05, 3.63) is 54.6 Å². The van der Waals surface area contributed by atoms with Crippen LogP contribution in [-0.4, -0.2) is 24.3 Å². The zero-order chi connectivity index (χ0) is 17.8. The maximum atomic E-state index is 12.4. The monoisotopic (exact) mass is 337 g/mol. The second-order valence-corrected chi connectivity index (χ2v) is 5.99. The Morgan fingerprint density at radius 3 is 2.44 bits per heavy atom. The lowest BCUT2D eigenvalue weighted by Gasteiger charge is -2.17. The van der Waals surface area contributed by atoms with Crippen molar-refractivity contribution in [2.75, 3.05) is 22.1 Å². The fourth-order valence-electron chi connectivity index (χ4n) is 2.85. The molecule has 1 fully saturated rings. The Kier molecular flexibility index (Phi) is 4.79. The average molecular weight is 337 g/mol. The van der Waals surface area contributed by atoms with Gasteiger partial charge in [0, 0.05) is 37.0 Å². The van der Waals surface area contributed by atoms with Crippen LogP contribution in [0.3, 0.4) is 0 Å². The topological polar surface area (TPSA) is 78.5 Å². The van der Waals surface area contributed by atoms with E-state index in [0.29, 0.717) is 23.6 Å². The van der Waals surface area contributed by atoms with Gasteiger partial charge in [-0.15, -0.1) is 0 Å². The lowest BCUT2D eigenvalue weighted by atomic mass is 10.1. The summed E-state index contributed by atoms with van der Waals surface area (Å²) in [5.74, 6) is -0.851. The Bertz CT molecular complexity index is 805. The Morgan fingerprint density at radius 2 is 1.72 bits per heavy atom. The third-order valence-electron chi connectivity index (χ3n) is 4.02. The standard InChI is InChI=1S/C19H19N3O3/c1-13(23)20-16-8-5-9-17(11-16)22-12-14(10-18(22)24)19(25)21-15-6-3-2-4-7-15/h2-9,11,14H,10,12H2,1H3,(H,20,23)(H,21,25)/t14-/m0/s1. The lowest BCUT2D eigenvalue weighted by molar-refractivity contribution is -0.122. The first kappa shape index (κ1) is 16.7. The minimum Gasteiger partial charge on any atom is -0.326 e. The SMILES string of the molecule is CC(=O)Nc1cccc(N2C[C@@H](C(=O)Nc3ccccc3)CC2=O)c1. The van der Waals surface area contributed by atoms with Crippen LogP contribution in [0.2, 0.25) is 0 Å². The second kappa shape index (κ2) is 7.17. The summed E-state index contributed by atoms with van der Waals surface area (Å²) in [6.07, 6.45) is 0.170. The fraction of sp³-hybridized carbons (Fsp3) is 0.211. The van der Waals surface area contributed by atoms with Crippen LogP contribution in [0.15, 0.2) is 54.6 Å². The molecule has 1 aliphatic rings. The average Bonchev–Trinajstić information content (AvgIpc) is 2.97. The van der Waals surface area contributed by atoms with Crippen molar-refractivity contribution >= 4 is 34.8 Å². The molecule has 1 atom stereocenters. The first-order valence-corrected chi connectivity index (χ1v) is 8.07. The van der Waals surface area contributed by atoms with Gasteiger partial charge in [0.25, 0.3) is 0 Å². The molecule has 0 spiro atoms. The molecule has 0 bridgehead atoms. The molecule has 3 rings (SSSR count). The summed E-state index contributed by atoms with van der Waals surface area (Å²) < 4.78 is 0. The Morgan fingerprint density at radius 1 is 1.00 bits per heavy atom. The molecule has 0 aromatic heterocycles. The van der Waals surface area contributed by atoms with E-state index in [0.717, 1.165) is 0 Å². The number of rotatable bonds is 4. The molecule has 2 aromatic carbocycles. The van der Waals surface area contributed by atoms with Gasteiger partial charge in [-0.2, -0.15) is 0 Å². The predicted octanol–water partition coefficient (Wildman–Crippen LogP) is 2.64. The molecule has 2 N–H and O–H groups in total. The molecule has 1 aliphatic heterocycles. The largest absolute Gasteiger partial charge is 0.326 e. The summed E-state index contributed by atoms with van der Waals surface area (Å²) in [4.78, 5) is 37.5. The smallest absolute Gasteiger partial charge is 0.229 e. The van der Waals surface area contributed by atoms with Gasteiger partial charge in [-0.1, -0.05) is 24.3 Å². The zero-order valence-electron chi connectivity index (χ0n) is 13.9. The van der Waals surface area contributed by atoms with Crippen molar-refractivity contribution in [1.29, 1.82) is 0 Å². The first-order chi connectivity index (χ1) is 12.0. The number of benzene rings is 2. The fourth-order valence-corrected chi connectivity index (χ4v) is 2.85. The highest BCUT2D eigenvalue weighted by Gasteiger charge is 2.35. The highest BCUT2D eigenvalue weighted by molar-refractivity contribution is 6.04. The molecule has 0 saturated carbocycles. The van der Waals surface area contributed by atoms with Crippen molar-refractivity contribution in [2.24, 2.45) is 5.92 Å². The molecule has 2 aromatic rings. The number of hydrogen-bond acceptors (Lipinski definition) is 3. The van der Waals surface area contributed by atoms with E-state index in [-0.39, 0.29) is 24.1 Å². The van der Waals surface area contributed by atoms with Gasteiger partial charge >= 0.3 is 0 Å². The summed E-state index contributed by atoms with van der Waals surface area (Å²) in [7, 11) is 0. The summed E-state index contributed by atoms with van der Waals surface area (Å²) in [6.45, 7) is 1.75. The van der Waals surface area contributed by atoms with E-state index < -0.39 is 5.92 Å². The van der Waals surface area contributed by atoms with Gasteiger partial charge in [-0.3, -0.25) is 14.4 Å². The molecule has 3 amide bonds. The van der Waals surface area contributed by atoms with Crippen LogP contribution in [0, 0.1) is 5.92 Å². The summed E-state index contributed by atoms with van der Waals surface area (Å²) in [5, 5.41) is 5.53. The number of amides is 3. The molecular formula is C19H19N3O3.